The van der Waals surface area contributed by atoms with Gasteiger partial charge in [0.2, 0.25) is 0 Å². The first-order valence-corrected chi connectivity index (χ1v) is 7.63. The lowest BCUT2D eigenvalue weighted by atomic mass is 10.0. The van der Waals surface area contributed by atoms with Crippen LogP contribution >= 0.6 is 0 Å². The van der Waals surface area contributed by atoms with E-state index in [1.165, 1.54) is 29.5 Å². The van der Waals surface area contributed by atoms with Crippen molar-refractivity contribution < 1.29 is 0 Å². The predicted molar refractivity (Wildman–Crippen MR) is 83.7 cm³/mol. The van der Waals surface area contributed by atoms with Crippen molar-refractivity contribution in [1.29, 1.82) is 0 Å². The average Bonchev–Trinajstić information content (AvgIpc) is 3.19. The highest BCUT2D eigenvalue weighted by Crippen LogP contribution is 2.39. The van der Waals surface area contributed by atoms with Gasteiger partial charge in [0.25, 0.3) is 0 Å². The number of hydrogen-bond acceptors (Lipinski definition) is 1. The van der Waals surface area contributed by atoms with Crippen molar-refractivity contribution in [2.75, 3.05) is 0 Å². The van der Waals surface area contributed by atoms with Gasteiger partial charge in [0.1, 0.15) is 0 Å². The Morgan fingerprint density at radius 3 is 2.40 bits per heavy atom. The second-order valence-corrected chi connectivity index (χ2v) is 6.38. The van der Waals surface area contributed by atoms with Gasteiger partial charge < -0.3 is 10.3 Å². The molecular formula is C18H24N2. The van der Waals surface area contributed by atoms with Crippen LogP contribution in [-0.4, -0.2) is 4.57 Å². The Balaban J connectivity index is 1.68. The SMILES string of the molecule is CC(C)c1ccc(Cn2ccc(C(N)C3CC3)c2)cc1. The fraction of sp³-hybridized carbons (Fsp3) is 0.444. The van der Waals surface area contributed by atoms with E-state index in [0.717, 1.165) is 12.5 Å². The van der Waals surface area contributed by atoms with Gasteiger partial charge in [0.15, 0.2) is 0 Å². The molecule has 1 unspecified atom stereocenters. The summed E-state index contributed by atoms with van der Waals surface area (Å²) in [6.45, 7) is 5.38. The standard InChI is InChI=1S/C18H24N2/c1-13(2)15-5-3-14(4-6-15)11-20-10-9-17(12-20)18(19)16-7-8-16/h3-6,9-10,12-13,16,18H,7-8,11,19H2,1-2H3. The Bertz CT molecular complexity index is 561. The smallest absolute Gasteiger partial charge is 0.0470 e. The van der Waals surface area contributed by atoms with Gasteiger partial charge in [-0.05, 0) is 47.4 Å². The fourth-order valence-electron chi connectivity index (χ4n) is 2.70. The second-order valence-electron chi connectivity index (χ2n) is 6.38. The molecule has 1 fully saturated rings. The Hall–Kier alpha value is -1.54. The lowest BCUT2D eigenvalue weighted by Gasteiger charge is -2.09. The molecule has 1 aliphatic carbocycles. The van der Waals surface area contributed by atoms with Crippen LogP contribution in [0.1, 0.15) is 55.3 Å². The van der Waals surface area contributed by atoms with Crippen molar-refractivity contribution in [2.24, 2.45) is 11.7 Å². The number of rotatable bonds is 5. The molecule has 1 saturated carbocycles. The Morgan fingerprint density at radius 2 is 1.80 bits per heavy atom. The molecule has 0 aliphatic heterocycles. The molecule has 1 atom stereocenters. The Morgan fingerprint density at radius 1 is 1.10 bits per heavy atom. The van der Waals surface area contributed by atoms with Gasteiger partial charge in [-0.25, -0.2) is 0 Å². The van der Waals surface area contributed by atoms with Crippen molar-refractivity contribution in [3.63, 3.8) is 0 Å². The maximum atomic E-state index is 6.25. The van der Waals surface area contributed by atoms with Crippen molar-refractivity contribution in [2.45, 2.75) is 45.2 Å². The third-order valence-corrected chi connectivity index (χ3v) is 4.30. The van der Waals surface area contributed by atoms with E-state index in [4.69, 9.17) is 5.73 Å². The van der Waals surface area contributed by atoms with Crippen LogP contribution in [0.5, 0.6) is 0 Å². The number of nitrogens with two attached hydrogens (primary N) is 1. The van der Waals surface area contributed by atoms with Crippen LogP contribution < -0.4 is 5.73 Å². The molecule has 2 aromatic rings. The van der Waals surface area contributed by atoms with Gasteiger partial charge in [-0.3, -0.25) is 0 Å². The summed E-state index contributed by atoms with van der Waals surface area (Å²) in [6, 6.07) is 11.3. The largest absolute Gasteiger partial charge is 0.350 e. The highest BCUT2D eigenvalue weighted by molar-refractivity contribution is 5.26. The number of benzene rings is 1. The number of hydrogen-bond donors (Lipinski definition) is 1. The summed E-state index contributed by atoms with van der Waals surface area (Å²) in [5, 5.41) is 0. The third-order valence-electron chi connectivity index (χ3n) is 4.30. The highest BCUT2D eigenvalue weighted by atomic mass is 14.9. The van der Waals surface area contributed by atoms with E-state index in [0.29, 0.717) is 5.92 Å². The van der Waals surface area contributed by atoms with Crippen molar-refractivity contribution in [3.05, 3.63) is 59.4 Å². The van der Waals surface area contributed by atoms with Crippen LogP contribution in [0.25, 0.3) is 0 Å². The summed E-state index contributed by atoms with van der Waals surface area (Å²) in [6.07, 6.45) is 6.94. The highest BCUT2D eigenvalue weighted by Gasteiger charge is 2.29. The molecule has 1 aliphatic rings. The maximum absolute atomic E-state index is 6.25. The Labute approximate surface area is 121 Å². The quantitative estimate of drug-likeness (QED) is 0.870. The van der Waals surface area contributed by atoms with Gasteiger partial charge in [-0.15, -0.1) is 0 Å². The Kier molecular flexibility index (Phi) is 3.66. The number of nitrogens with zero attached hydrogens (tertiary/aromatic N) is 1. The molecule has 20 heavy (non-hydrogen) atoms. The summed E-state index contributed by atoms with van der Waals surface area (Å²) in [4.78, 5) is 0. The predicted octanol–water partition coefficient (Wildman–Crippen LogP) is 4.07. The zero-order valence-corrected chi connectivity index (χ0v) is 12.4. The monoisotopic (exact) mass is 268 g/mol. The maximum Gasteiger partial charge on any atom is 0.0470 e. The third kappa shape index (κ3) is 2.96. The molecule has 0 radical (unpaired) electrons. The molecule has 1 aromatic heterocycles. The fourth-order valence-corrected chi connectivity index (χ4v) is 2.70. The van der Waals surface area contributed by atoms with E-state index in [1.54, 1.807) is 0 Å². The van der Waals surface area contributed by atoms with E-state index >= 15 is 0 Å². The van der Waals surface area contributed by atoms with E-state index in [2.05, 4.69) is 61.1 Å². The summed E-state index contributed by atoms with van der Waals surface area (Å²) < 4.78 is 2.24. The molecule has 1 aromatic carbocycles. The molecule has 2 N–H and O–H groups in total. The molecule has 106 valence electrons. The van der Waals surface area contributed by atoms with Crippen LogP contribution in [0.15, 0.2) is 42.7 Å². The summed E-state index contributed by atoms with van der Waals surface area (Å²) in [5.74, 6) is 1.31. The van der Waals surface area contributed by atoms with Crippen LogP contribution in [0, 0.1) is 5.92 Å². The summed E-state index contributed by atoms with van der Waals surface area (Å²) in [5.41, 5.74) is 10.3. The molecular weight excluding hydrogens is 244 g/mol. The number of aromatic nitrogens is 1. The van der Waals surface area contributed by atoms with Crippen LogP contribution in [0.3, 0.4) is 0 Å². The minimum Gasteiger partial charge on any atom is -0.350 e. The van der Waals surface area contributed by atoms with E-state index in [-0.39, 0.29) is 6.04 Å². The summed E-state index contributed by atoms with van der Waals surface area (Å²) in [7, 11) is 0. The average molecular weight is 268 g/mol. The molecule has 1 heterocycles. The van der Waals surface area contributed by atoms with Gasteiger partial charge in [0.05, 0.1) is 0 Å². The minimum absolute atomic E-state index is 0.236. The summed E-state index contributed by atoms with van der Waals surface area (Å²) >= 11 is 0. The molecule has 3 rings (SSSR count). The lowest BCUT2D eigenvalue weighted by molar-refractivity contribution is 0.631. The zero-order valence-electron chi connectivity index (χ0n) is 12.4. The first kappa shape index (κ1) is 13.4. The van der Waals surface area contributed by atoms with Gasteiger partial charge in [0, 0.05) is 25.0 Å². The van der Waals surface area contributed by atoms with Gasteiger partial charge >= 0.3 is 0 Å². The lowest BCUT2D eigenvalue weighted by Crippen LogP contribution is -2.11. The van der Waals surface area contributed by atoms with Crippen molar-refractivity contribution in [1.82, 2.24) is 4.57 Å². The zero-order chi connectivity index (χ0) is 14.1. The van der Waals surface area contributed by atoms with E-state index in [1.807, 2.05) is 0 Å². The molecule has 2 nitrogen and oxygen atoms in total. The molecule has 0 spiro atoms. The molecule has 0 bridgehead atoms. The van der Waals surface area contributed by atoms with Crippen LogP contribution in [-0.2, 0) is 6.54 Å². The van der Waals surface area contributed by atoms with Gasteiger partial charge in [-0.2, -0.15) is 0 Å². The molecule has 2 heteroatoms. The topological polar surface area (TPSA) is 30.9 Å². The van der Waals surface area contributed by atoms with E-state index in [9.17, 15) is 0 Å². The molecule has 0 amide bonds. The first-order chi connectivity index (χ1) is 9.63. The normalized spacial score (nSPS) is 16.6. The molecule has 0 saturated heterocycles. The van der Waals surface area contributed by atoms with E-state index < -0.39 is 0 Å². The first-order valence-electron chi connectivity index (χ1n) is 7.63. The van der Waals surface area contributed by atoms with Crippen molar-refractivity contribution in [3.8, 4) is 0 Å². The van der Waals surface area contributed by atoms with Crippen molar-refractivity contribution >= 4 is 0 Å². The minimum atomic E-state index is 0.236. The second kappa shape index (κ2) is 5.45. The van der Waals surface area contributed by atoms with Gasteiger partial charge in [-0.1, -0.05) is 38.1 Å². The van der Waals surface area contributed by atoms with Crippen LogP contribution in [0.4, 0.5) is 0 Å². The van der Waals surface area contributed by atoms with Crippen LogP contribution in [0.2, 0.25) is 0 Å².